The number of nitrogens with one attached hydrogen (secondary N) is 1. The van der Waals surface area contributed by atoms with Gasteiger partial charge in [0, 0.05) is 42.5 Å². The van der Waals surface area contributed by atoms with Gasteiger partial charge in [-0.05, 0) is 88.2 Å². The van der Waals surface area contributed by atoms with Gasteiger partial charge in [-0.3, -0.25) is 9.79 Å². The van der Waals surface area contributed by atoms with Crippen molar-refractivity contribution in [3.8, 4) is 0 Å². The lowest BCUT2D eigenvalue weighted by Gasteiger charge is -2.34. The number of benzene rings is 1. The average molecular weight is 476 g/mol. The van der Waals surface area contributed by atoms with Crippen molar-refractivity contribution in [1.29, 1.82) is 0 Å². The number of fused-ring (bicyclic) bond motifs is 1. The molecule has 2 aliphatic heterocycles. The summed E-state index contributed by atoms with van der Waals surface area (Å²) in [6, 6.07) is 6.51. The third kappa shape index (κ3) is 6.56. The Morgan fingerprint density at radius 2 is 1.88 bits per heavy atom. The Morgan fingerprint density at radius 1 is 1.15 bits per heavy atom. The second-order valence-electron chi connectivity index (χ2n) is 9.80. The summed E-state index contributed by atoms with van der Waals surface area (Å²) >= 11 is 6.15. The zero-order valence-electron chi connectivity index (χ0n) is 20.0. The fourth-order valence-corrected chi connectivity index (χ4v) is 5.83. The van der Waals surface area contributed by atoms with Crippen LogP contribution in [0.3, 0.4) is 0 Å². The van der Waals surface area contributed by atoms with Gasteiger partial charge in [0.2, 0.25) is 5.91 Å². The predicted molar refractivity (Wildman–Crippen MR) is 132 cm³/mol. The molecule has 1 aliphatic carbocycles. The number of methoxy groups -OCH3 is 2. The first kappa shape index (κ1) is 24.6. The Hall–Kier alpha value is -1.47. The molecule has 3 aliphatic rings. The fourth-order valence-electron chi connectivity index (χ4n) is 5.64. The molecule has 0 radical (unpaired) electrons. The van der Waals surface area contributed by atoms with E-state index in [1.807, 2.05) is 6.07 Å². The number of rotatable bonds is 9. The van der Waals surface area contributed by atoms with Gasteiger partial charge >= 0.3 is 0 Å². The SMILES string of the molecule is COC(CC(=O)NC1CCC(CCN2CCC(C3=NCc4cc(Cl)ccc43)CC2)CC1)OC. The van der Waals surface area contributed by atoms with Crippen molar-refractivity contribution in [3.05, 3.63) is 34.3 Å². The smallest absolute Gasteiger partial charge is 0.225 e. The molecule has 33 heavy (non-hydrogen) atoms. The second-order valence-corrected chi connectivity index (χ2v) is 10.2. The van der Waals surface area contributed by atoms with Gasteiger partial charge in [-0.2, -0.15) is 0 Å². The van der Waals surface area contributed by atoms with Crippen LogP contribution in [0.15, 0.2) is 23.2 Å². The van der Waals surface area contributed by atoms with Gasteiger partial charge in [0.1, 0.15) is 0 Å². The number of carbonyl (C=O) groups excluding carboxylic acids is 1. The number of amides is 1. The largest absolute Gasteiger partial charge is 0.355 e. The lowest BCUT2D eigenvalue weighted by atomic mass is 9.83. The molecule has 0 unspecified atom stereocenters. The monoisotopic (exact) mass is 475 g/mol. The molecule has 1 saturated heterocycles. The standard InChI is InChI=1S/C26H38ClN3O3/c1-32-25(33-2)16-24(31)29-22-6-3-18(4-7-22)9-12-30-13-10-19(11-14-30)26-23-8-5-21(27)15-20(23)17-28-26/h5,8,15,18-19,22,25H,3-4,6-7,9-14,16-17H2,1-2H3,(H,29,31). The van der Waals surface area contributed by atoms with E-state index in [1.165, 1.54) is 55.5 Å². The molecule has 1 saturated carbocycles. The van der Waals surface area contributed by atoms with Crippen LogP contribution in [0.5, 0.6) is 0 Å². The van der Waals surface area contributed by atoms with Crippen molar-refractivity contribution in [2.45, 2.75) is 70.2 Å². The zero-order valence-corrected chi connectivity index (χ0v) is 20.8. The highest BCUT2D eigenvalue weighted by Gasteiger charge is 2.29. The minimum absolute atomic E-state index is 0.0209. The van der Waals surface area contributed by atoms with Crippen LogP contribution in [0, 0.1) is 11.8 Å². The first-order valence-corrected chi connectivity index (χ1v) is 12.8. The highest BCUT2D eigenvalue weighted by Crippen LogP contribution is 2.31. The number of ether oxygens (including phenoxy) is 2. The first-order chi connectivity index (χ1) is 16.1. The molecule has 1 amide bonds. The van der Waals surface area contributed by atoms with E-state index in [0.717, 1.165) is 43.4 Å². The molecule has 0 aromatic heterocycles. The Labute approximate surface area is 203 Å². The van der Waals surface area contributed by atoms with Crippen LogP contribution in [0.2, 0.25) is 5.02 Å². The normalized spacial score (nSPS) is 24.1. The summed E-state index contributed by atoms with van der Waals surface area (Å²) in [6.45, 7) is 4.31. The lowest BCUT2D eigenvalue weighted by Crippen LogP contribution is -2.40. The van der Waals surface area contributed by atoms with E-state index < -0.39 is 6.29 Å². The summed E-state index contributed by atoms with van der Waals surface area (Å²) in [5.74, 6) is 1.38. The van der Waals surface area contributed by atoms with Crippen molar-refractivity contribution < 1.29 is 14.3 Å². The van der Waals surface area contributed by atoms with E-state index in [2.05, 4.69) is 22.3 Å². The summed E-state index contributed by atoms with van der Waals surface area (Å²) in [5, 5.41) is 3.97. The van der Waals surface area contributed by atoms with Gasteiger partial charge in [0.05, 0.1) is 13.0 Å². The predicted octanol–water partition coefficient (Wildman–Crippen LogP) is 4.43. The van der Waals surface area contributed by atoms with Crippen LogP contribution in [0.4, 0.5) is 0 Å². The van der Waals surface area contributed by atoms with Gasteiger partial charge in [-0.25, -0.2) is 0 Å². The highest BCUT2D eigenvalue weighted by atomic mass is 35.5. The fraction of sp³-hybridized carbons (Fsp3) is 0.692. The number of likely N-dealkylation sites (tertiary alicyclic amines) is 1. The molecule has 2 heterocycles. The van der Waals surface area contributed by atoms with Crippen LogP contribution in [-0.4, -0.2) is 62.7 Å². The van der Waals surface area contributed by atoms with Gasteiger partial charge in [0.15, 0.2) is 6.29 Å². The lowest BCUT2D eigenvalue weighted by molar-refractivity contribution is -0.140. The Morgan fingerprint density at radius 3 is 2.58 bits per heavy atom. The van der Waals surface area contributed by atoms with Crippen molar-refractivity contribution in [3.63, 3.8) is 0 Å². The average Bonchev–Trinajstić information content (AvgIpc) is 3.25. The van der Waals surface area contributed by atoms with E-state index in [9.17, 15) is 4.79 Å². The topological polar surface area (TPSA) is 63.2 Å². The van der Waals surface area contributed by atoms with Crippen LogP contribution in [0.25, 0.3) is 0 Å². The molecule has 2 fully saturated rings. The molecule has 1 aromatic carbocycles. The molecule has 0 atom stereocenters. The second kappa shape index (κ2) is 11.8. The van der Waals surface area contributed by atoms with Gasteiger partial charge in [0.25, 0.3) is 0 Å². The minimum Gasteiger partial charge on any atom is -0.355 e. The quantitative estimate of drug-likeness (QED) is 0.537. The summed E-state index contributed by atoms with van der Waals surface area (Å²) in [4.78, 5) is 19.7. The Bertz CT molecular complexity index is 826. The van der Waals surface area contributed by atoms with Crippen LogP contribution >= 0.6 is 11.6 Å². The molecule has 182 valence electrons. The molecule has 6 nitrogen and oxygen atoms in total. The first-order valence-electron chi connectivity index (χ1n) is 12.5. The van der Waals surface area contributed by atoms with Gasteiger partial charge in [-0.1, -0.05) is 17.7 Å². The number of hydrogen-bond donors (Lipinski definition) is 1. The van der Waals surface area contributed by atoms with Crippen molar-refractivity contribution in [2.24, 2.45) is 16.8 Å². The van der Waals surface area contributed by atoms with E-state index >= 15 is 0 Å². The number of nitrogens with zero attached hydrogens (tertiary/aromatic N) is 2. The number of carbonyl (C=O) groups is 1. The van der Waals surface area contributed by atoms with E-state index in [4.69, 9.17) is 26.1 Å². The van der Waals surface area contributed by atoms with Crippen LogP contribution in [0.1, 0.15) is 62.5 Å². The Balaban J connectivity index is 1.13. The third-order valence-electron chi connectivity index (χ3n) is 7.68. The molecular weight excluding hydrogens is 438 g/mol. The highest BCUT2D eigenvalue weighted by molar-refractivity contribution is 6.30. The Kier molecular flexibility index (Phi) is 8.80. The molecule has 1 aromatic rings. The molecule has 1 N–H and O–H groups in total. The van der Waals surface area contributed by atoms with Crippen LogP contribution < -0.4 is 5.32 Å². The van der Waals surface area contributed by atoms with E-state index in [1.54, 1.807) is 14.2 Å². The molecule has 0 bridgehead atoms. The van der Waals surface area contributed by atoms with Gasteiger partial charge < -0.3 is 19.7 Å². The van der Waals surface area contributed by atoms with Gasteiger partial charge in [-0.15, -0.1) is 0 Å². The van der Waals surface area contributed by atoms with Crippen molar-refractivity contribution in [2.75, 3.05) is 33.9 Å². The number of halogens is 1. The summed E-state index contributed by atoms with van der Waals surface area (Å²) in [7, 11) is 3.13. The zero-order chi connectivity index (χ0) is 23.2. The van der Waals surface area contributed by atoms with E-state index in [0.29, 0.717) is 12.0 Å². The van der Waals surface area contributed by atoms with E-state index in [-0.39, 0.29) is 12.3 Å². The number of hydrogen-bond acceptors (Lipinski definition) is 5. The maximum absolute atomic E-state index is 12.2. The summed E-state index contributed by atoms with van der Waals surface area (Å²) in [5.41, 5.74) is 3.91. The van der Waals surface area contributed by atoms with Crippen molar-refractivity contribution in [1.82, 2.24) is 10.2 Å². The molecular formula is C26H38ClN3O3. The minimum atomic E-state index is -0.459. The summed E-state index contributed by atoms with van der Waals surface area (Å²) in [6.07, 6.45) is 8.02. The molecule has 4 rings (SSSR count). The van der Waals surface area contributed by atoms with Crippen molar-refractivity contribution >= 4 is 23.2 Å². The third-order valence-corrected chi connectivity index (χ3v) is 7.92. The molecule has 7 heteroatoms. The van der Waals surface area contributed by atoms with Crippen LogP contribution in [-0.2, 0) is 20.8 Å². The number of piperidine rings is 1. The number of aliphatic imine (C=N–C) groups is 1. The summed E-state index contributed by atoms with van der Waals surface area (Å²) < 4.78 is 10.2. The maximum Gasteiger partial charge on any atom is 0.225 e. The maximum atomic E-state index is 12.2. The molecule has 0 spiro atoms.